The van der Waals surface area contributed by atoms with Crippen molar-refractivity contribution in [2.75, 3.05) is 44.2 Å². The number of benzene rings is 2. The van der Waals surface area contributed by atoms with Gasteiger partial charge in [-0.3, -0.25) is 9.69 Å². The lowest BCUT2D eigenvalue weighted by atomic mass is 10.1. The first-order valence-electron chi connectivity index (χ1n) is 11.6. The Morgan fingerprint density at radius 1 is 1.03 bits per heavy atom. The molecular weight excluding hydrogens is 526 g/mol. The van der Waals surface area contributed by atoms with Crippen LogP contribution in [0.2, 0.25) is 10.0 Å². The van der Waals surface area contributed by atoms with Gasteiger partial charge in [0, 0.05) is 49.5 Å². The number of anilines is 1. The summed E-state index contributed by atoms with van der Waals surface area (Å²) in [5.74, 6) is 0.945. The van der Waals surface area contributed by atoms with Crippen LogP contribution < -0.4 is 9.64 Å². The van der Waals surface area contributed by atoms with Crippen LogP contribution in [0.25, 0.3) is 6.08 Å². The molecule has 0 radical (unpaired) electrons. The summed E-state index contributed by atoms with van der Waals surface area (Å²) in [6, 6.07) is 15.1. The number of hydrogen-bond acceptors (Lipinski definition) is 5. The maximum Gasteiger partial charge on any atom is 0.417 e. The summed E-state index contributed by atoms with van der Waals surface area (Å²) in [6.07, 6.45) is -0.403. The molecule has 1 aromatic heterocycles. The van der Waals surface area contributed by atoms with E-state index >= 15 is 0 Å². The van der Waals surface area contributed by atoms with Gasteiger partial charge in [0.1, 0.15) is 18.2 Å². The highest BCUT2D eigenvalue weighted by Crippen LogP contribution is 2.33. The second-order valence-corrected chi connectivity index (χ2v) is 9.32. The molecule has 0 bridgehead atoms. The Bertz CT molecular complexity index is 1260. The number of aromatic nitrogens is 1. The van der Waals surface area contributed by atoms with E-state index in [1.807, 2.05) is 29.2 Å². The van der Waals surface area contributed by atoms with Gasteiger partial charge in [-0.15, -0.1) is 0 Å². The summed E-state index contributed by atoms with van der Waals surface area (Å²) in [5, 5.41) is 0.572. The molecule has 5 nitrogen and oxygen atoms in total. The van der Waals surface area contributed by atoms with E-state index in [2.05, 4.69) is 9.88 Å². The predicted octanol–water partition coefficient (Wildman–Crippen LogP) is 6.50. The van der Waals surface area contributed by atoms with Gasteiger partial charge in [-0.05, 0) is 54.1 Å². The van der Waals surface area contributed by atoms with Crippen molar-refractivity contribution in [3.05, 3.63) is 93.6 Å². The van der Waals surface area contributed by atoms with Gasteiger partial charge in [0.05, 0.1) is 10.6 Å². The third-order valence-electron chi connectivity index (χ3n) is 5.91. The molecular formula is C27H24Cl2F3N3O2. The van der Waals surface area contributed by atoms with Crippen molar-refractivity contribution < 1.29 is 22.7 Å². The van der Waals surface area contributed by atoms with Gasteiger partial charge in [0.15, 0.2) is 5.78 Å². The molecule has 0 saturated carbocycles. The number of carbonyl (C=O) groups is 1. The van der Waals surface area contributed by atoms with Gasteiger partial charge in [-0.25, -0.2) is 4.98 Å². The molecule has 3 aromatic rings. The Labute approximate surface area is 223 Å². The van der Waals surface area contributed by atoms with Gasteiger partial charge in [-0.2, -0.15) is 13.2 Å². The normalized spacial score (nSPS) is 14.8. The number of ketones is 1. The Morgan fingerprint density at radius 3 is 2.43 bits per heavy atom. The molecule has 0 aliphatic carbocycles. The van der Waals surface area contributed by atoms with Crippen LogP contribution in [0.4, 0.5) is 19.0 Å². The second-order valence-electron chi connectivity index (χ2n) is 8.48. The van der Waals surface area contributed by atoms with E-state index in [4.69, 9.17) is 27.9 Å². The van der Waals surface area contributed by atoms with Crippen molar-refractivity contribution in [2.24, 2.45) is 0 Å². The molecule has 0 unspecified atom stereocenters. The number of hydrogen-bond donors (Lipinski definition) is 0. The van der Waals surface area contributed by atoms with Crippen LogP contribution in [0.15, 0.2) is 66.9 Å². The Kier molecular flexibility index (Phi) is 8.74. The molecule has 10 heteroatoms. The number of piperazine rings is 1. The molecule has 37 heavy (non-hydrogen) atoms. The minimum atomic E-state index is -4.47. The third kappa shape index (κ3) is 7.47. The van der Waals surface area contributed by atoms with Crippen molar-refractivity contribution in [1.29, 1.82) is 0 Å². The van der Waals surface area contributed by atoms with Gasteiger partial charge in [0.2, 0.25) is 0 Å². The molecule has 0 atom stereocenters. The fourth-order valence-electron chi connectivity index (χ4n) is 3.88. The summed E-state index contributed by atoms with van der Waals surface area (Å²) >= 11 is 11.9. The first kappa shape index (κ1) is 27.0. The van der Waals surface area contributed by atoms with E-state index in [9.17, 15) is 18.0 Å². The number of allylic oxidation sites excluding steroid dienone is 1. The minimum absolute atomic E-state index is 0.00425. The molecule has 1 fully saturated rings. The Hall–Kier alpha value is -3.07. The average Bonchev–Trinajstić information content (AvgIpc) is 2.88. The quantitative estimate of drug-likeness (QED) is 0.237. The molecule has 1 aliphatic rings. The van der Waals surface area contributed by atoms with E-state index in [0.29, 0.717) is 61.5 Å². The molecule has 194 valence electrons. The van der Waals surface area contributed by atoms with Crippen LogP contribution >= 0.6 is 23.2 Å². The largest absolute Gasteiger partial charge is 0.492 e. The minimum Gasteiger partial charge on any atom is -0.492 e. The lowest BCUT2D eigenvalue weighted by Crippen LogP contribution is -2.47. The van der Waals surface area contributed by atoms with Gasteiger partial charge in [-0.1, -0.05) is 41.4 Å². The Morgan fingerprint density at radius 2 is 1.76 bits per heavy atom. The molecule has 0 amide bonds. The topological polar surface area (TPSA) is 45.7 Å². The fraction of sp³-hybridized carbons (Fsp3) is 0.259. The monoisotopic (exact) mass is 549 g/mol. The second kappa shape index (κ2) is 12.0. The highest BCUT2D eigenvalue weighted by atomic mass is 35.5. The summed E-state index contributed by atoms with van der Waals surface area (Å²) in [5.41, 5.74) is 0.545. The van der Waals surface area contributed by atoms with Gasteiger partial charge < -0.3 is 9.64 Å². The lowest BCUT2D eigenvalue weighted by molar-refractivity contribution is -0.137. The number of pyridine rings is 1. The molecule has 1 saturated heterocycles. The van der Waals surface area contributed by atoms with Crippen LogP contribution in [0.3, 0.4) is 0 Å². The number of nitrogens with zero attached hydrogens (tertiary/aromatic N) is 3. The SMILES string of the molecule is O=C(C=Cc1cccc(OCCN2CCN(c3ncc(C(F)(F)F)cc3Cl)CC2)c1)c1ccc(Cl)cc1. The first-order valence-corrected chi connectivity index (χ1v) is 12.4. The number of carbonyl (C=O) groups excluding carboxylic acids is 1. The number of rotatable bonds is 8. The van der Waals surface area contributed by atoms with Gasteiger partial charge in [0.25, 0.3) is 0 Å². The molecule has 2 aromatic carbocycles. The zero-order chi connectivity index (χ0) is 26.4. The standard InChI is InChI=1S/C27H24Cl2F3N3O2/c28-22-7-5-20(6-8-22)25(36)9-4-19-2-1-3-23(16-19)37-15-14-34-10-12-35(13-11-34)26-24(29)17-21(18-33-26)27(30,31)32/h1-9,16-18H,10-15H2. The summed E-state index contributed by atoms with van der Waals surface area (Å²) in [6.45, 7) is 3.77. The van der Waals surface area contributed by atoms with Crippen molar-refractivity contribution in [3.8, 4) is 5.75 Å². The molecule has 4 rings (SSSR count). The first-order chi connectivity index (χ1) is 17.7. The molecule has 2 heterocycles. The van der Waals surface area contributed by atoms with Crippen LogP contribution in [0.1, 0.15) is 21.5 Å². The number of alkyl halides is 3. The summed E-state index contributed by atoms with van der Waals surface area (Å²) < 4.78 is 44.5. The molecule has 1 aliphatic heterocycles. The van der Waals surface area contributed by atoms with Crippen molar-refractivity contribution >= 4 is 40.9 Å². The third-order valence-corrected chi connectivity index (χ3v) is 6.44. The van der Waals surface area contributed by atoms with E-state index < -0.39 is 11.7 Å². The zero-order valence-corrected chi connectivity index (χ0v) is 21.2. The highest BCUT2D eigenvalue weighted by Gasteiger charge is 2.32. The van der Waals surface area contributed by atoms with E-state index in [0.717, 1.165) is 17.8 Å². The maximum absolute atomic E-state index is 12.9. The zero-order valence-electron chi connectivity index (χ0n) is 19.7. The van der Waals surface area contributed by atoms with Crippen LogP contribution in [0, 0.1) is 0 Å². The lowest BCUT2D eigenvalue weighted by Gasteiger charge is -2.35. The molecule has 0 spiro atoms. The smallest absolute Gasteiger partial charge is 0.417 e. The van der Waals surface area contributed by atoms with Crippen LogP contribution in [-0.4, -0.2) is 55.0 Å². The van der Waals surface area contributed by atoms with Crippen molar-refractivity contribution in [1.82, 2.24) is 9.88 Å². The van der Waals surface area contributed by atoms with E-state index in [1.165, 1.54) is 6.08 Å². The van der Waals surface area contributed by atoms with E-state index in [1.54, 1.807) is 30.3 Å². The predicted molar refractivity (Wildman–Crippen MR) is 140 cm³/mol. The van der Waals surface area contributed by atoms with Crippen LogP contribution in [0.5, 0.6) is 5.75 Å². The van der Waals surface area contributed by atoms with Crippen molar-refractivity contribution in [3.63, 3.8) is 0 Å². The Balaban J connectivity index is 1.24. The summed E-state index contributed by atoms with van der Waals surface area (Å²) in [4.78, 5) is 20.4. The highest BCUT2D eigenvalue weighted by molar-refractivity contribution is 6.33. The fourth-order valence-corrected chi connectivity index (χ4v) is 4.30. The average molecular weight is 550 g/mol. The van der Waals surface area contributed by atoms with Crippen molar-refractivity contribution in [2.45, 2.75) is 6.18 Å². The van der Waals surface area contributed by atoms with E-state index in [-0.39, 0.29) is 10.8 Å². The summed E-state index contributed by atoms with van der Waals surface area (Å²) in [7, 11) is 0. The van der Waals surface area contributed by atoms with Crippen LogP contribution in [-0.2, 0) is 6.18 Å². The van der Waals surface area contributed by atoms with Gasteiger partial charge >= 0.3 is 6.18 Å². The molecule has 0 N–H and O–H groups in total. The number of ether oxygens (including phenoxy) is 1. The number of halogens is 5. The maximum atomic E-state index is 12.9.